The summed E-state index contributed by atoms with van der Waals surface area (Å²) in [6, 6.07) is 6.79. The van der Waals surface area contributed by atoms with Gasteiger partial charge < -0.3 is 5.32 Å². The quantitative estimate of drug-likeness (QED) is 0.659. The lowest BCUT2D eigenvalue weighted by atomic mass is 10.1. The Morgan fingerprint density at radius 3 is 2.89 bits per heavy atom. The summed E-state index contributed by atoms with van der Waals surface area (Å²) in [5.41, 5.74) is 1.68. The maximum atomic E-state index is 10.8. The number of nitro benzene ring substituents is 1. The van der Waals surface area contributed by atoms with Gasteiger partial charge >= 0.3 is 0 Å². The van der Waals surface area contributed by atoms with E-state index in [1.807, 2.05) is 6.07 Å². The molecular weight excluding hydrogens is 232 g/mol. The molecule has 92 valence electrons. The minimum Gasteiger partial charge on any atom is -0.366 e. The molecule has 1 aromatic carbocycles. The van der Waals surface area contributed by atoms with E-state index in [1.165, 1.54) is 12.4 Å². The van der Waals surface area contributed by atoms with Crippen LogP contribution in [0.15, 0.2) is 36.8 Å². The third kappa shape index (κ3) is 2.60. The first-order chi connectivity index (χ1) is 8.68. The van der Waals surface area contributed by atoms with Crippen molar-refractivity contribution < 1.29 is 4.92 Å². The van der Waals surface area contributed by atoms with E-state index in [0.717, 1.165) is 5.56 Å². The molecule has 0 radical (unpaired) electrons. The molecule has 2 rings (SSSR count). The maximum absolute atomic E-state index is 10.8. The predicted octanol–water partition coefficient (Wildman–Crippen LogP) is 2.31. The number of hydrogen-bond acceptors (Lipinski definition) is 5. The monoisotopic (exact) mass is 244 g/mol. The first-order valence-corrected chi connectivity index (χ1v) is 5.41. The van der Waals surface area contributed by atoms with Gasteiger partial charge in [0, 0.05) is 24.4 Å². The van der Waals surface area contributed by atoms with Crippen molar-refractivity contribution in [3.05, 3.63) is 58.0 Å². The molecular formula is C12H12N4O2. The molecule has 0 atom stereocenters. The van der Waals surface area contributed by atoms with Crippen LogP contribution in [0.3, 0.4) is 0 Å². The van der Waals surface area contributed by atoms with E-state index in [1.54, 1.807) is 25.3 Å². The normalized spacial score (nSPS) is 10.1. The second-order valence-electron chi connectivity index (χ2n) is 3.77. The van der Waals surface area contributed by atoms with Gasteiger partial charge in [0.25, 0.3) is 5.69 Å². The van der Waals surface area contributed by atoms with Crippen LogP contribution >= 0.6 is 0 Å². The Balaban J connectivity index is 2.15. The van der Waals surface area contributed by atoms with Crippen molar-refractivity contribution in [3.63, 3.8) is 0 Å². The smallest absolute Gasteiger partial charge is 0.272 e. The molecule has 18 heavy (non-hydrogen) atoms. The molecule has 0 aliphatic heterocycles. The number of hydrogen-bond donors (Lipinski definition) is 1. The van der Waals surface area contributed by atoms with Crippen LogP contribution in [0.1, 0.15) is 11.1 Å². The molecule has 0 saturated heterocycles. The lowest BCUT2D eigenvalue weighted by Gasteiger charge is -2.08. The zero-order chi connectivity index (χ0) is 13.0. The molecule has 0 aliphatic rings. The molecule has 0 fully saturated rings. The van der Waals surface area contributed by atoms with Crippen molar-refractivity contribution in [1.82, 2.24) is 9.97 Å². The number of rotatable bonds is 4. The van der Waals surface area contributed by atoms with Crippen LogP contribution in [0, 0.1) is 17.0 Å². The first kappa shape index (κ1) is 12.0. The number of nitro groups is 1. The minimum absolute atomic E-state index is 0.136. The van der Waals surface area contributed by atoms with E-state index < -0.39 is 0 Å². The Bertz CT molecular complexity index is 557. The van der Waals surface area contributed by atoms with Crippen LogP contribution in [0.4, 0.5) is 11.5 Å². The highest BCUT2D eigenvalue weighted by Gasteiger charge is 2.12. The summed E-state index contributed by atoms with van der Waals surface area (Å²) in [6.45, 7) is 2.24. The summed E-state index contributed by atoms with van der Waals surface area (Å²) in [5.74, 6) is 0.691. The molecule has 1 N–H and O–H groups in total. The van der Waals surface area contributed by atoms with Crippen LogP contribution in [-0.2, 0) is 6.54 Å². The molecule has 6 heteroatoms. The zero-order valence-corrected chi connectivity index (χ0v) is 9.83. The van der Waals surface area contributed by atoms with Crippen molar-refractivity contribution in [2.45, 2.75) is 13.5 Å². The lowest BCUT2D eigenvalue weighted by molar-refractivity contribution is -0.385. The fourth-order valence-electron chi connectivity index (χ4n) is 1.64. The number of nitrogens with one attached hydrogen (secondary N) is 1. The van der Waals surface area contributed by atoms with Gasteiger partial charge in [0.1, 0.15) is 12.1 Å². The topological polar surface area (TPSA) is 81.0 Å². The van der Waals surface area contributed by atoms with Gasteiger partial charge in [-0.15, -0.1) is 0 Å². The van der Waals surface area contributed by atoms with Crippen molar-refractivity contribution in [2.24, 2.45) is 0 Å². The Morgan fingerprint density at radius 1 is 1.39 bits per heavy atom. The van der Waals surface area contributed by atoms with Crippen molar-refractivity contribution in [1.29, 1.82) is 0 Å². The van der Waals surface area contributed by atoms with Crippen LogP contribution in [-0.4, -0.2) is 14.9 Å². The Morgan fingerprint density at radius 2 is 2.22 bits per heavy atom. The second-order valence-corrected chi connectivity index (χ2v) is 3.77. The van der Waals surface area contributed by atoms with Gasteiger partial charge in [0.2, 0.25) is 0 Å². The number of anilines is 1. The summed E-state index contributed by atoms with van der Waals surface area (Å²) in [5, 5.41) is 13.9. The fourth-order valence-corrected chi connectivity index (χ4v) is 1.64. The average Bonchev–Trinajstić information content (AvgIpc) is 2.38. The molecule has 0 unspecified atom stereocenters. The summed E-state index contributed by atoms with van der Waals surface area (Å²) in [6.07, 6.45) is 3.08. The molecule has 0 bridgehead atoms. The summed E-state index contributed by atoms with van der Waals surface area (Å²) in [7, 11) is 0. The van der Waals surface area contributed by atoms with Crippen molar-refractivity contribution in [2.75, 3.05) is 5.32 Å². The van der Waals surface area contributed by atoms with E-state index in [-0.39, 0.29) is 10.6 Å². The van der Waals surface area contributed by atoms with Crippen LogP contribution < -0.4 is 5.32 Å². The van der Waals surface area contributed by atoms with E-state index in [4.69, 9.17) is 0 Å². The molecule has 0 aliphatic carbocycles. The van der Waals surface area contributed by atoms with E-state index >= 15 is 0 Å². The Hall–Kier alpha value is -2.50. The Kier molecular flexibility index (Phi) is 3.47. The minimum atomic E-state index is -0.372. The van der Waals surface area contributed by atoms with Crippen molar-refractivity contribution in [3.8, 4) is 0 Å². The van der Waals surface area contributed by atoms with Gasteiger partial charge in [-0.2, -0.15) is 0 Å². The molecule has 2 aromatic rings. The van der Waals surface area contributed by atoms with Gasteiger partial charge in [-0.25, -0.2) is 9.97 Å². The highest BCUT2D eigenvalue weighted by atomic mass is 16.6. The molecule has 6 nitrogen and oxygen atoms in total. The number of nitrogens with zero attached hydrogens (tertiary/aromatic N) is 3. The Labute approximate surface area is 104 Å². The SMILES string of the molecule is Cc1c(CNc2ccncn2)cccc1[N+](=O)[O-]. The standard InChI is InChI=1S/C12H12N4O2/c1-9-10(3-2-4-11(9)16(17)18)7-14-12-5-6-13-8-15-12/h2-6,8H,7H2,1H3,(H,13,14,15). The van der Waals surface area contributed by atoms with E-state index in [9.17, 15) is 10.1 Å². The lowest BCUT2D eigenvalue weighted by Crippen LogP contribution is -2.04. The average molecular weight is 244 g/mol. The largest absolute Gasteiger partial charge is 0.366 e. The first-order valence-electron chi connectivity index (χ1n) is 5.41. The number of aromatic nitrogens is 2. The number of benzene rings is 1. The zero-order valence-electron chi connectivity index (χ0n) is 9.83. The van der Waals surface area contributed by atoms with Gasteiger partial charge in [-0.1, -0.05) is 12.1 Å². The van der Waals surface area contributed by atoms with Crippen LogP contribution in [0.2, 0.25) is 0 Å². The molecule has 0 spiro atoms. The summed E-state index contributed by atoms with van der Waals surface area (Å²) in [4.78, 5) is 18.3. The summed E-state index contributed by atoms with van der Waals surface area (Å²) >= 11 is 0. The van der Waals surface area contributed by atoms with Crippen LogP contribution in [0.25, 0.3) is 0 Å². The van der Waals surface area contributed by atoms with Gasteiger partial charge in [-0.3, -0.25) is 10.1 Å². The van der Waals surface area contributed by atoms with Crippen LogP contribution in [0.5, 0.6) is 0 Å². The maximum Gasteiger partial charge on any atom is 0.272 e. The predicted molar refractivity (Wildman–Crippen MR) is 67.2 cm³/mol. The third-order valence-corrected chi connectivity index (χ3v) is 2.66. The molecule has 1 aromatic heterocycles. The highest BCUT2D eigenvalue weighted by molar-refractivity contribution is 5.46. The second kappa shape index (κ2) is 5.22. The van der Waals surface area contributed by atoms with E-state index in [2.05, 4.69) is 15.3 Å². The molecule has 1 heterocycles. The van der Waals surface area contributed by atoms with Gasteiger partial charge in [0.15, 0.2) is 0 Å². The van der Waals surface area contributed by atoms with Gasteiger partial charge in [0.05, 0.1) is 4.92 Å². The van der Waals surface area contributed by atoms with Gasteiger partial charge in [-0.05, 0) is 18.6 Å². The molecule has 0 saturated carbocycles. The van der Waals surface area contributed by atoms with Crippen molar-refractivity contribution >= 4 is 11.5 Å². The summed E-state index contributed by atoms with van der Waals surface area (Å²) < 4.78 is 0. The van der Waals surface area contributed by atoms with E-state index in [0.29, 0.717) is 17.9 Å². The highest BCUT2D eigenvalue weighted by Crippen LogP contribution is 2.21. The fraction of sp³-hybridized carbons (Fsp3) is 0.167. The third-order valence-electron chi connectivity index (χ3n) is 2.66. The molecule has 0 amide bonds.